The Balaban J connectivity index is 2.80. The molecule has 0 aliphatic rings. The van der Waals surface area contributed by atoms with Crippen LogP contribution in [0.4, 0.5) is 0 Å². The van der Waals surface area contributed by atoms with Gasteiger partial charge >= 0.3 is 0 Å². The number of aryl methyl sites for hydroxylation is 2. The van der Waals surface area contributed by atoms with Gasteiger partial charge in [-0.25, -0.2) is 0 Å². The molecule has 0 aromatic heterocycles. The first-order valence-electron chi connectivity index (χ1n) is 4.25. The van der Waals surface area contributed by atoms with Crippen molar-refractivity contribution in [2.75, 3.05) is 0 Å². The zero-order valence-electron chi connectivity index (χ0n) is 8.24. The number of thiocarbonyl (C=S) groups is 1. The molecule has 3 nitrogen and oxygen atoms in total. The fourth-order valence-electron chi connectivity index (χ4n) is 1.06. The van der Waals surface area contributed by atoms with Gasteiger partial charge in [-0.3, -0.25) is 5.43 Å². The number of nitrogens with one attached hydrogen (secondary N) is 1. The standard InChI is InChI=1S/C10H13N3S/c1-7-3-4-8(2)9(5-7)6-12-13-10(11)14/h3-6H,1-2H3,(H3,11,13,14). The molecule has 0 amide bonds. The minimum atomic E-state index is 0.173. The van der Waals surface area contributed by atoms with Crippen molar-refractivity contribution in [2.24, 2.45) is 10.8 Å². The Hall–Kier alpha value is -1.42. The Labute approximate surface area is 89.0 Å². The van der Waals surface area contributed by atoms with E-state index < -0.39 is 0 Å². The first kappa shape index (κ1) is 10.7. The van der Waals surface area contributed by atoms with E-state index in [1.165, 1.54) is 11.1 Å². The summed E-state index contributed by atoms with van der Waals surface area (Å²) in [6.45, 7) is 4.07. The highest BCUT2D eigenvalue weighted by molar-refractivity contribution is 7.80. The van der Waals surface area contributed by atoms with Gasteiger partial charge in [-0.15, -0.1) is 0 Å². The third-order valence-corrected chi connectivity index (χ3v) is 1.90. The molecule has 0 unspecified atom stereocenters. The summed E-state index contributed by atoms with van der Waals surface area (Å²) >= 11 is 4.62. The van der Waals surface area contributed by atoms with E-state index in [4.69, 9.17) is 5.73 Å². The summed E-state index contributed by atoms with van der Waals surface area (Å²) in [5, 5.41) is 4.07. The predicted octanol–water partition coefficient (Wildman–Crippen LogP) is 1.47. The van der Waals surface area contributed by atoms with Crippen LogP contribution >= 0.6 is 12.2 Å². The van der Waals surface area contributed by atoms with Gasteiger partial charge in [0.25, 0.3) is 0 Å². The van der Waals surface area contributed by atoms with Crippen LogP contribution in [0.3, 0.4) is 0 Å². The maximum Gasteiger partial charge on any atom is 0.184 e. The molecule has 0 saturated carbocycles. The molecule has 0 radical (unpaired) electrons. The molecule has 1 aromatic rings. The Bertz CT molecular complexity index is 372. The van der Waals surface area contributed by atoms with E-state index in [1.807, 2.05) is 13.8 Å². The molecule has 14 heavy (non-hydrogen) atoms. The Morgan fingerprint density at radius 1 is 1.50 bits per heavy atom. The topological polar surface area (TPSA) is 50.4 Å². The summed E-state index contributed by atoms with van der Waals surface area (Å²) in [5.41, 5.74) is 11.2. The van der Waals surface area contributed by atoms with Crippen LogP contribution in [0.25, 0.3) is 0 Å². The number of nitrogens with two attached hydrogens (primary N) is 1. The second-order valence-corrected chi connectivity index (χ2v) is 3.53. The lowest BCUT2D eigenvalue weighted by Crippen LogP contribution is -2.24. The van der Waals surface area contributed by atoms with Crippen LogP contribution in [0.2, 0.25) is 0 Å². The second-order valence-electron chi connectivity index (χ2n) is 3.09. The molecule has 0 aliphatic carbocycles. The zero-order chi connectivity index (χ0) is 10.6. The lowest BCUT2D eigenvalue weighted by Gasteiger charge is -2.01. The molecule has 3 N–H and O–H groups in total. The molecule has 0 aliphatic heterocycles. The van der Waals surface area contributed by atoms with Gasteiger partial charge in [0.05, 0.1) is 6.21 Å². The highest BCUT2D eigenvalue weighted by Gasteiger charge is 1.94. The Morgan fingerprint density at radius 2 is 2.21 bits per heavy atom. The predicted molar refractivity (Wildman–Crippen MR) is 63.4 cm³/mol. The molecule has 0 heterocycles. The SMILES string of the molecule is Cc1ccc(C)c(C=NNC(N)=S)c1. The van der Waals surface area contributed by atoms with Gasteiger partial charge in [-0.1, -0.05) is 23.8 Å². The number of benzene rings is 1. The summed E-state index contributed by atoms with van der Waals surface area (Å²) in [5.74, 6) is 0. The third-order valence-electron chi connectivity index (χ3n) is 1.81. The van der Waals surface area contributed by atoms with Crippen molar-refractivity contribution in [3.05, 3.63) is 34.9 Å². The number of nitrogens with zero attached hydrogens (tertiary/aromatic N) is 1. The molecule has 0 spiro atoms. The Morgan fingerprint density at radius 3 is 2.86 bits per heavy atom. The number of hydrogen-bond donors (Lipinski definition) is 2. The smallest absolute Gasteiger partial charge is 0.184 e. The van der Waals surface area contributed by atoms with Gasteiger partial charge in [0.2, 0.25) is 0 Å². The summed E-state index contributed by atoms with van der Waals surface area (Å²) in [6.07, 6.45) is 1.71. The first-order valence-corrected chi connectivity index (χ1v) is 4.66. The number of rotatable bonds is 2. The van der Waals surface area contributed by atoms with Crippen molar-refractivity contribution in [1.82, 2.24) is 5.43 Å². The maximum absolute atomic E-state index is 5.23. The summed E-state index contributed by atoms with van der Waals surface area (Å²) in [4.78, 5) is 0. The van der Waals surface area contributed by atoms with Gasteiger partial charge < -0.3 is 5.73 Å². The number of hydrazone groups is 1. The fraction of sp³-hybridized carbons (Fsp3) is 0.200. The molecular weight excluding hydrogens is 194 g/mol. The molecule has 1 rings (SSSR count). The monoisotopic (exact) mass is 207 g/mol. The minimum absolute atomic E-state index is 0.173. The summed E-state index contributed by atoms with van der Waals surface area (Å²) in [6, 6.07) is 6.17. The highest BCUT2D eigenvalue weighted by Crippen LogP contribution is 2.07. The van der Waals surface area contributed by atoms with Gasteiger partial charge in [-0.2, -0.15) is 5.10 Å². The zero-order valence-corrected chi connectivity index (χ0v) is 9.06. The van der Waals surface area contributed by atoms with Gasteiger partial charge in [-0.05, 0) is 37.2 Å². The molecule has 4 heteroatoms. The molecular formula is C10H13N3S. The average Bonchev–Trinajstić information content (AvgIpc) is 2.10. The molecule has 1 aromatic carbocycles. The first-order chi connectivity index (χ1) is 6.59. The molecule has 0 saturated heterocycles. The van der Waals surface area contributed by atoms with Crippen molar-refractivity contribution in [3.63, 3.8) is 0 Å². The van der Waals surface area contributed by atoms with Crippen molar-refractivity contribution >= 4 is 23.5 Å². The number of hydrogen-bond acceptors (Lipinski definition) is 2. The quantitative estimate of drug-likeness (QED) is 0.438. The van der Waals surface area contributed by atoms with Crippen LogP contribution in [-0.4, -0.2) is 11.3 Å². The third kappa shape index (κ3) is 3.14. The van der Waals surface area contributed by atoms with E-state index in [-0.39, 0.29) is 5.11 Å². The van der Waals surface area contributed by atoms with Crippen LogP contribution in [0.15, 0.2) is 23.3 Å². The minimum Gasteiger partial charge on any atom is -0.375 e. The fourth-order valence-corrected chi connectivity index (χ4v) is 1.12. The normalized spacial score (nSPS) is 10.4. The van der Waals surface area contributed by atoms with E-state index in [9.17, 15) is 0 Å². The van der Waals surface area contributed by atoms with E-state index >= 15 is 0 Å². The molecule has 74 valence electrons. The molecule has 0 fully saturated rings. The van der Waals surface area contributed by atoms with Crippen LogP contribution in [0, 0.1) is 13.8 Å². The van der Waals surface area contributed by atoms with Crippen molar-refractivity contribution in [3.8, 4) is 0 Å². The van der Waals surface area contributed by atoms with Gasteiger partial charge in [0, 0.05) is 0 Å². The highest BCUT2D eigenvalue weighted by atomic mass is 32.1. The van der Waals surface area contributed by atoms with Gasteiger partial charge in [0.1, 0.15) is 0 Å². The van der Waals surface area contributed by atoms with Crippen LogP contribution < -0.4 is 11.2 Å². The lowest BCUT2D eigenvalue weighted by molar-refractivity contribution is 1.04. The average molecular weight is 207 g/mol. The van der Waals surface area contributed by atoms with Crippen molar-refractivity contribution in [1.29, 1.82) is 0 Å². The second kappa shape index (κ2) is 4.72. The summed E-state index contributed by atoms with van der Waals surface area (Å²) < 4.78 is 0. The lowest BCUT2D eigenvalue weighted by atomic mass is 10.1. The van der Waals surface area contributed by atoms with E-state index in [1.54, 1.807) is 6.21 Å². The summed E-state index contributed by atoms with van der Waals surface area (Å²) in [7, 11) is 0. The van der Waals surface area contributed by atoms with Gasteiger partial charge in [0.15, 0.2) is 5.11 Å². The van der Waals surface area contributed by atoms with Crippen molar-refractivity contribution < 1.29 is 0 Å². The van der Waals surface area contributed by atoms with Crippen LogP contribution in [-0.2, 0) is 0 Å². The van der Waals surface area contributed by atoms with E-state index in [0.717, 1.165) is 5.56 Å². The van der Waals surface area contributed by atoms with Crippen LogP contribution in [0.1, 0.15) is 16.7 Å². The molecule has 0 atom stereocenters. The van der Waals surface area contributed by atoms with Crippen LogP contribution in [0.5, 0.6) is 0 Å². The van der Waals surface area contributed by atoms with Crippen molar-refractivity contribution in [2.45, 2.75) is 13.8 Å². The molecule has 0 bridgehead atoms. The largest absolute Gasteiger partial charge is 0.375 e. The van der Waals surface area contributed by atoms with E-state index in [0.29, 0.717) is 0 Å². The van der Waals surface area contributed by atoms with E-state index in [2.05, 4.69) is 40.9 Å². The Kier molecular flexibility index (Phi) is 3.59. The maximum atomic E-state index is 5.23.